The van der Waals surface area contributed by atoms with E-state index >= 15 is 0 Å². The van der Waals surface area contributed by atoms with E-state index in [4.69, 9.17) is 4.55 Å². The Balaban J connectivity index is 0.000000363. The van der Waals surface area contributed by atoms with Gasteiger partial charge >= 0.3 is 10.1 Å². The Hall–Kier alpha value is -4.99. The van der Waals surface area contributed by atoms with Crippen LogP contribution in [-0.4, -0.2) is 77.7 Å². The fourth-order valence-corrected chi connectivity index (χ4v) is 7.81. The van der Waals surface area contributed by atoms with E-state index in [1.165, 1.54) is 26.8 Å². The molecule has 3 aromatic carbocycles. The summed E-state index contributed by atoms with van der Waals surface area (Å²) in [5, 5.41) is 4.05. The summed E-state index contributed by atoms with van der Waals surface area (Å²) >= 11 is 0. The predicted molar refractivity (Wildman–Crippen MR) is 187 cm³/mol. The summed E-state index contributed by atoms with van der Waals surface area (Å²) in [6.07, 6.45) is 2.64. The molecule has 1 saturated heterocycles. The van der Waals surface area contributed by atoms with Gasteiger partial charge in [-0.1, -0.05) is 48.5 Å². The fourth-order valence-electron chi connectivity index (χ4n) is 5.49. The van der Waals surface area contributed by atoms with Crippen molar-refractivity contribution in [1.82, 2.24) is 24.2 Å². The van der Waals surface area contributed by atoms with Gasteiger partial charge in [-0.05, 0) is 55.8 Å². The second kappa shape index (κ2) is 14.6. The summed E-state index contributed by atoms with van der Waals surface area (Å²) < 4.78 is 61.5. The van der Waals surface area contributed by atoms with E-state index in [1.807, 2.05) is 53.4 Å². The number of benzene rings is 3. The summed E-state index contributed by atoms with van der Waals surface area (Å²) in [5.41, 5.74) is 3.48. The number of carbonyl (C=O) groups is 1. The lowest BCUT2D eigenvalue weighted by molar-refractivity contribution is 0.0746. The van der Waals surface area contributed by atoms with Crippen molar-refractivity contribution in [2.45, 2.75) is 30.3 Å². The molecule has 49 heavy (non-hydrogen) atoms. The number of sulfonamides is 1. The number of amides is 1. The number of anilines is 2. The largest absolute Gasteiger partial charge is 0.368 e. The number of rotatable bonds is 8. The molecule has 3 heterocycles. The Kier molecular flexibility index (Phi) is 10.6. The first-order valence-corrected chi connectivity index (χ1v) is 18.4. The van der Waals surface area contributed by atoms with Crippen molar-refractivity contribution < 1.29 is 26.2 Å². The minimum atomic E-state index is -4.11. The minimum Gasteiger partial charge on any atom is -0.368 e. The van der Waals surface area contributed by atoms with Gasteiger partial charge in [0.05, 0.1) is 24.1 Å². The first kappa shape index (κ1) is 35.3. The number of aromatic nitrogens is 4. The molecule has 0 aliphatic carbocycles. The highest BCUT2D eigenvalue weighted by atomic mass is 32.2. The molecule has 1 aliphatic rings. The van der Waals surface area contributed by atoms with Crippen LogP contribution in [0.5, 0.6) is 0 Å². The van der Waals surface area contributed by atoms with Crippen LogP contribution < -0.4 is 9.21 Å². The van der Waals surface area contributed by atoms with Crippen LogP contribution in [0.25, 0.3) is 0 Å². The molecule has 15 heteroatoms. The topological polar surface area (TPSA) is 151 Å². The molecule has 258 valence electrons. The second-order valence-electron chi connectivity index (χ2n) is 11.6. The molecule has 1 amide bonds. The van der Waals surface area contributed by atoms with Crippen molar-refractivity contribution in [3.8, 4) is 0 Å². The standard InChI is InChI=1S/C29H31N5O3S.C5H8N2O3S/c1-23-28(22-31(2)30-23)38(36,37)34(21-24-9-5-3-6-10-24)27-15-13-25(14-16-27)29(35)33-19-17-32(18-20-33)26-11-7-4-8-12-26;1-4-6-3-5(7(4)2)11(8,9)10/h3-16,22H,17-21H2,1-2H3;3H,1-2H3,(H,8,9,10). The van der Waals surface area contributed by atoms with Crippen LogP contribution in [0.1, 0.15) is 27.4 Å². The van der Waals surface area contributed by atoms with E-state index < -0.39 is 20.1 Å². The average Bonchev–Trinajstić information content (AvgIpc) is 3.63. The van der Waals surface area contributed by atoms with E-state index in [0.717, 1.165) is 30.5 Å². The fraction of sp³-hybridized carbons (Fsp3) is 0.265. The molecule has 0 unspecified atom stereocenters. The molecule has 0 spiro atoms. The van der Waals surface area contributed by atoms with Gasteiger partial charge in [0.2, 0.25) is 0 Å². The quantitative estimate of drug-likeness (QED) is 0.236. The number of nitrogens with zero attached hydrogens (tertiary/aromatic N) is 7. The van der Waals surface area contributed by atoms with E-state index in [1.54, 1.807) is 45.2 Å². The maximum Gasteiger partial charge on any atom is 0.311 e. The molecule has 1 fully saturated rings. The van der Waals surface area contributed by atoms with Crippen LogP contribution in [0.2, 0.25) is 0 Å². The molecule has 1 aliphatic heterocycles. The lowest BCUT2D eigenvalue weighted by Gasteiger charge is -2.36. The molecular weight excluding hydrogens is 667 g/mol. The van der Waals surface area contributed by atoms with Crippen LogP contribution in [-0.2, 0) is 40.8 Å². The van der Waals surface area contributed by atoms with Gasteiger partial charge in [-0.3, -0.25) is 18.3 Å². The molecule has 0 saturated carbocycles. The lowest BCUT2D eigenvalue weighted by atomic mass is 10.1. The number of hydrogen-bond acceptors (Lipinski definition) is 8. The average molecular weight is 706 g/mol. The maximum atomic E-state index is 13.8. The summed E-state index contributed by atoms with van der Waals surface area (Å²) in [7, 11) is -4.79. The molecular formula is C34H39N7O6S2. The summed E-state index contributed by atoms with van der Waals surface area (Å²) in [6.45, 7) is 6.28. The van der Waals surface area contributed by atoms with Gasteiger partial charge in [0.15, 0.2) is 5.03 Å². The zero-order valence-corrected chi connectivity index (χ0v) is 29.3. The van der Waals surface area contributed by atoms with Crippen LogP contribution in [0.15, 0.2) is 107 Å². The summed E-state index contributed by atoms with van der Waals surface area (Å²) in [6, 6.07) is 26.5. The van der Waals surface area contributed by atoms with Gasteiger partial charge in [-0.2, -0.15) is 13.5 Å². The van der Waals surface area contributed by atoms with Gasteiger partial charge in [-0.15, -0.1) is 0 Å². The highest BCUT2D eigenvalue weighted by molar-refractivity contribution is 7.92. The van der Waals surface area contributed by atoms with E-state index in [0.29, 0.717) is 35.9 Å². The van der Waals surface area contributed by atoms with Crippen LogP contribution in [0.3, 0.4) is 0 Å². The summed E-state index contributed by atoms with van der Waals surface area (Å²) in [5.74, 6) is 0.488. The molecule has 0 atom stereocenters. The highest BCUT2D eigenvalue weighted by Gasteiger charge is 2.29. The van der Waals surface area contributed by atoms with Crippen molar-refractivity contribution in [2.24, 2.45) is 14.1 Å². The second-order valence-corrected chi connectivity index (χ2v) is 14.8. The van der Waals surface area contributed by atoms with E-state index in [-0.39, 0.29) is 22.4 Å². The van der Waals surface area contributed by atoms with Crippen LogP contribution in [0.4, 0.5) is 11.4 Å². The summed E-state index contributed by atoms with van der Waals surface area (Å²) in [4.78, 5) is 21.2. The first-order valence-electron chi connectivity index (χ1n) is 15.5. The Morgan fingerprint density at radius 2 is 1.43 bits per heavy atom. The number of para-hydroxylation sites is 1. The third kappa shape index (κ3) is 8.18. The normalized spacial score (nSPS) is 13.5. The third-order valence-corrected chi connectivity index (χ3v) is 11.0. The smallest absolute Gasteiger partial charge is 0.311 e. The third-order valence-electron chi connectivity index (χ3n) is 8.24. The Bertz CT molecular complexity index is 2110. The molecule has 0 radical (unpaired) electrons. The van der Waals surface area contributed by atoms with Crippen LogP contribution in [0, 0.1) is 13.8 Å². The van der Waals surface area contributed by atoms with Crippen molar-refractivity contribution in [3.05, 3.63) is 120 Å². The van der Waals surface area contributed by atoms with Gasteiger partial charge < -0.3 is 14.4 Å². The van der Waals surface area contributed by atoms with Gasteiger partial charge in [0, 0.05) is 57.7 Å². The van der Waals surface area contributed by atoms with Gasteiger partial charge in [0.1, 0.15) is 10.7 Å². The maximum absolute atomic E-state index is 13.8. The molecule has 6 rings (SSSR count). The van der Waals surface area contributed by atoms with Crippen molar-refractivity contribution in [2.75, 3.05) is 35.4 Å². The zero-order chi connectivity index (χ0) is 35.3. The Morgan fingerprint density at radius 3 is 1.92 bits per heavy atom. The predicted octanol–water partition coefficient (Wildman–Crippen LogP) is 4.06. The van der Waals surface area contributed by atoms with Crippen molar-refractivity contribution in [3.63, 3.8) is 0 Å². The number of imidazole rings is 1. The van der Waals surface area contributed by atoms with Gasteiger partial charge in [-0.25, -0.2) is 13.4 Å². The molecule has 13 nitrogen and oxygen atoms in total. The van der Waals surface area contributed by atoms with Crippen molar-refractivity contribution in [1.29, 1.82) is 0 Å². The Morgan fingerprint density at radius 1 is 0.837 bits per heavy atom. The minimum absolute atomic E-state index is 0.0511. The van der Waals surface area contributed by atoms with Crippen LogP contribution >= 0.6 is 0 Å². The molecule has 5 aromatic rings. The Labute approximate surface area is 286 Å². The molecule has 2 aromatic heterocycles. The monoisotopic (exact) mass is 705 g/mol. The van der Waals surface area contributed by atoms with Gasteiger partial charge in [0.25, 0.3) is 15.9 Å². The van der Waals surface area contributed by atoms with E-state index in [2.05, 4.69) is 27.1 Å². The van der Waals surface area contributed by atoms with E-state index in [9.17, 15) is 21.6 Å². The van der Waals surface area contributed by atoms with Crippen molar-refractivity contribution >= 4 is 37.4 Å². The number of piperazine rings is 1. The highest BCUT2D eigenvalue weighted by Crippen LogP contribution is 2.28. The SMILES string of the molecule is Cc1ncc(S(=O)(=O)O)n1C.Cc1nn(C)cc1S(=O)(=O)N(Cc1ccccc1)c1ccc(C(=O)N2CCN(c3ccccc3)CC2)cc1. The number of aryl methyl sites for hydroxylation is 3. The molecule has 0 bridgehead atoms. The number of hydrogen-bond donors (Lipinski definition) is 1. The molecule has 1 N–H and O–H groups in total. The number of carbonyl (C=O) groups excluding carboxylic acids is 1. The first-order chi connectivity index (χ1) is 23.3. The zero-order valence-electron chi connectivity index (χ0n) is 27.7. The lowest BCUT2D eigenvalue weighted by Crippen LogP contribution is -2.48.